The van der Waals surface area contributed by atoms with Crippen molar-refractivity contribution in [1.29, 1.82) is 0 Å². The number of phenolic OH excluding ortho intramolecular Hbond substituents is 1. The first-order valence-electron chi connectivity index (χ1n) is 10.0. The van der Waals surface area contributed by atoms with E-state index in [0.29, 0.717) is 17.0 Å². The smallest absolute Gasteiger partial charge is 0.275 e. The molecule has 2 N–H and O–H groups in total. The first-order chi connectivity index (χ1) is 14.6. The Hall–Kier alpha value is -3.68. The highest BCUT2D eigenvalue weighted by molar-refractivity contribution is 5.97. The van der Waals surface area contributed by atoms with Crippen molar-refractivity contribution in [3.05, 3.63) is 70.1 Å². The number of amides is 1. The largest absolute Gasteiger partial charge is 0.507 e. The molecule has 8 heteroatoms. The molecule has 0 atom stereocenters. The van der Waals surface area contributed by atoms with E-state index in [2.05, 4.69) is 15.4 Å². The summed E-state index contributed by atoms with van der Waals surface area (Å²) in [6.07, 6.45) is 7.39. The number of anilines is 1. The molecule has 1 amide bonds. The van der Waals surface area contributed by atoms with Gasteiger partial charge >= 0.3 is 0 Å². The summed E-state index contributed by atoms with van der Waals surface area (Å²) in [6.45, 7) is 1.64. The average molecular weight is 405 g/mol. The van der Waals surface area contributed by atoms with Gasteiger partial charge in [-0.2, -0.15) is 5.10 Å². The van der Waals surface area contributed by atoms with Crippen LogP contribution < -0.4 is 15.9 Å². The van der Waals surface area contributed by atoms with E-state index in [4.69, 9.17) is 4.98 Å². The predicted octanol–water partition coefficient (Wildman–Crippen LogP) is 2.54. The van der Waals surface area contributed by atoms with Crippen LogP contribution in [0.15, 0.2) is 58.6 Å². The minimum absolute atomic E-state index is 0.107. The number of para-hydroxylation sites is 1. The molecule has 1 aromatic carbocycles. The third-order valence-corrected chi connectivity index (χ3v) is 5.16. The van der Waals surface area contributed by atoms with E-state index in [1.807, 2.05) is 6.07 Å². The molecule has 8 nitrogen and oxygen atoms in total. The van der Waals surface area contributed by atoms with Crippen LogP contribution in [0.1, 0.15) is 41.6 Å². The quantitative estimate of drug-likeness (QED) is 0.513. The number of hydrazone groups is 1. The van der Waals surface area contributed by atoms with Gasteiger partial charge in [-0.05, 0) is 37.1 Å². The van der Waals surface area contributed by atoms with Crippen LogP contribution in [0.25, 0.3) is 5.65 Å². The maximum absolute atomic E-state index is 13.1. The molecule has 0 aliphatic carbocycles. The number of phenols is 1. The van der Waals surface area contributed by atoms with Crippen LogP contribution in [0, 0.1) is 0 Å². The number of hydrogen-bond donors (Lipinski definition) is 2. The van der Waals surface area contributed by atoms with Crippen molar-refractivity contribution in [2.24, 2.45) is 5.10 Å². The van der Waals surface area contributed by atoms with Crippen LogP contribution in [0.3, 0.4) is 0 Å². The zero-order valence-corrected chi connectivity index (χ0v) is 16.5. The number of nitrogens with one attached hydrogen (secondary N) is 1. The molecule has 3 heterocycles. The number of hydrogen-bond acceptors (Lipinski definition) is 6. The van der Waals surface area contributed by atoms with Gasteiger partial charge in [0.2, 0.25) is 0 Å². The molecule has 1 aliphatic rings. The summed E-state index contributed by atoms with van der Waals surface area (Å²) in [5.41, 5.74) is 3.12. The standard InChI is InChI=1S/C22H23N5O3/c28-18-10-4-3-9-16(18)21(29)25-23-15-17-20(26-12-6-1-2-7-13-26)24-19-11-5-8-14-27(19)22(17)30/h3-5,8-11,14-15,28H,1-2,6-7,12-13H2,(H,25,29)/b23-15-. The Labute approximate surface area is 173 Å². The van der Waals surface area contributed by atoms with Gasteiger partial charge in [0.15, 0.2) is 0 Å². The Kier molecular flexibility index (Phi) is 5.74. The minimum atomic E-state index is -0.561. The number of fused-ring (bicyclic) bond motifs is 1. The Balaban J connectivity index is 1.69. The predicted molar refractivity (Wildman–Crippen MR) is 115 cm³/mol. The van der Waals surface area contributed by atoms with E-state index in [9.17, 15) is 14.7 Å². The van der Waals surface area contributed by atoms with Gasteiger partial charge in [-0.25, -0.2) is 10.4 Å². The molecule has 0 unspecified atom stereocenters. The molecule has 154 valence electrons. The zero-order valence-electron chi connectivity index (χ0n) is 16.5. The first-order valence-corrected chi connectivity index (χ1v) is 10.0. The number of aromatic hydroxyl groups is 1. The molecular weight excluding hydrogens is 382 g/mol. The van der Waals surface area contributed by atoms with Gasteiger partial charge in [0, 0.05) is 19.3 Å². The second-order valence-electron chi connectivity index (χ2n) is 7.20. The SMILES string of the molecule is O=C(N/N=C\c1c(N2CCCCCC2)nc2ccccn2c1=O)c1ccccc1O. The van der Waals surface area contributed by atoms with Gasteiger partial charge in [-0.3, -0.25) is 14.0 Å². The lowest BCUT2D eigenvalue weighted by Gasteiger charge is -2.23. The van der Waals surface area contributed by atoms with Crippen molar-refractivity contribution in [2.45, 2.75) is 25.7 Å². The van der Waals surface area contributed by atoms with Crippen molar-refractivity contribution in [2.75, 3.05) is 18.0 Å². The van der Waals surface area contributed by atoms with E-state index in [1.165, 1.54) is 22.7 Å². The summed E-state index contributed by atoms with van der Waals surface area (Å²) >= 11 is 0. The minimum Gasteiger partial charge on any atom is -0.507 e. The third-order valence-electron chi connectivity index (χ3n) is 5.16. The van der Waals surface area contributed by atoms with Gasteiger partial charge in [0.25, 0.3) is 11.5 Å². The molecule has 0 bridgehead atoms. The van der Waals surface area contributed by atoms with Gasteiger partial charge in [-0.1, -0.05) is 31.0 Å². The monoisotopic (exact) mass is 405 g/mol. The number of rotatable bonds is 4. The number of carbonyl (C=O) groups is 1. The summed E-state index contributed by atoms with van der Waals surface area (Å²) in [5.74, 6) is -0.119. The second kappa shape index (κ2) is 8.77. The van der Waals surface area contributed by atoms with Gasteiger partial charge in [-0.15, -0.1) is 0 Å². The van der Waals surface area contributed by atoms with Crippen molar-refractivity contribution >= 4 is 23.6 Å². The summed E-state index contributed by atoms with van der Waals surface area (Å²) in [6, 6.07) is 11.6. The Morgan fingerprint density at radius 1 is 1.07 bits per heavy atom. The number of nitrogens with zero attached hydrogens (tertiary/aromatic N) is 4. The molecular formula is C22H23N5O3. The van der Waals surface area contributed by atoms with E-state index in [0.717, 1.165) is 38.8 Å². The highest BCUT2D eigenvalue weighted by Crippen LogP contribution is 2.20. The molecule has 1 saturated heterocycles. The number of pyridine rings is 1. The molecule has 4 rings (SSSR count). The maximum Gasteiger partial charge on any atom is 0.275 e. The topological polar surface area (TPSA) is 99.3 Å². The molecule has 0 spiro atoms. The van der Waals surface area contributed by atoms with Crippen molar-refractivity contribution in [3.63, 3.8) is 0 Å². The summed E-state index contributed by atoms with van der Waals surface area (Å²) in [5, 5.41) is 13.8. The van der Waals surface area contributed by atoms with Crippen LogP contribution >= 0.6 is 0 Å². The molecule has 0 saturated carbocycles. The van der Waals surface area contributed by atoms with Crippen LogP contribution in [-0.4, -0.2) is 39.7 Å². The zero-order chi connectivity index (χ0) is 20.9. The maximum atomic E-state index is 13.1. The van der Waals surface area contributed by atoms with Crippen LogP contribution in [0.4, 0.5) is 5.82 Å². The van der Waals surface area contributed by atoms with Gasteiger partial charge < -0.3 is 10.0 Å². The summed E-state index contributed by atoms with van der Waals surface area (Å²) in [4.78, 5) is 32.3. The van der Waals surface area contributed by atoms with Crippen molar-refractivity contribution in [3.8, 4) is 5.75 Å². The van der Waals surface area contributed by atoms with Crippen LogP contribution in [-0.2, 0) is 0 Å². The van der Waals surface area contributed by atoms with Gasteiger partial charge in [0.1, 0.15) is 22.8 Å². The lowest BCUT2D eigenvalue weighted by Crippen LogP contribution is -2.31. The van der Waals surface area contributed by atoms with E-state index in [1.54, 1.807) is 30.5 Å². The fourth-order valence-electron chi connectivity index (χ4n) is 3.61. The normalized spacial score (nSPS) is 14.7. The van der Waals surface area contributed by atoms with E-state index in [-0.39, 0.29) is 16.9 Å². The van der Waals surface area contributed by atoms with E-state index < -0.39 is 5.91 Å². The fourth-order valence-corrected chi connectivity index (χ4v) is 3.61. The number of benzene rings is 1. The fraction of sp³-hybridized carbons (Fsp3) is 0.273. The lowest BCUT2D eigenvalue weighted by molar-refractivity contribution is 0.0952. The lowest BCUT2D eigenvalue weighted by atomic mass is 10.2. The van der Waals surface area contributed by atoms with Gasteiger partial charge in [0.05, 0.1) is 11.8 Å². The molecule has 0 radical (unpaired) electrons. The van der Waals surface area contributed by atoms with Crippen molar-refractivity contribution in [1.82, 2.24) is 14.8 Å². The van der Waals surface area contributed by atoms with Crippen LogP contribution in [0.5, 0.6) is 5.75 Å². The van der Waals surface area contributed by atoms with E-state index >= 15 is 0 Å². The average Bonchev–Trinajstić information content (AvgIpc) is 3.05. The molecule has 30 heavy (non-hydrogen) atoms. The molecule has 1 fully saturated rings. The number of carbonyl (C=O) groups excluding carboxylic acids is 1. The first kappa shape index (κ1) is 19.6. The Morgan fingerprint density at radius 2 is 1.80 bits per heavy atom. The highest BCUT2D eigenvalue weighted by Gasteiger charge is 2.19. The molecule has 2 aromatic heterocycles. The summed E-state index contributed by atoms with van der Waals surface area (Å²) < 4.78 is 1.47. The second-order valence-corrected chi connectivity index (χ2v) is 7.20. The number of aromatic nitrogens is 2. The molecule has 3 aromatic rings. The Bertz CT molecular complexity index is 1150. The van der Waals surface area contributed by atoms with Crippen LogP contribution in [0.2, 0.25) is 0 Å². The Morgan fingerprint density at radius 3 is 2.57 bits per heavy atom. The summed E-state index contributed by atoms with van der Waals surface area (Å²) in [7, 11) is 0. The van der Waals surface area contributed by atoms with Crippen molar-refractivity contribution < 1.29 is 9.90 Å². The highest BCUT2D eigenvalue weighted by atomic mass is 16.3. The third kappa shape index (κ3) is 4.03. The molecule has 1 aliphatic heterocycles.